The molecule has 4 rings (SSSR count). The van der Waals surface area contributed by atoms with Crippen LogP contribution in [0.5, 0.6) is 0 Å². The Hall–Kier alpha value is -1.89. The second kappa shape index (κ2) is 9.08. The van der Waals surface area contributed by atoms with Crippen LogP contribution < -0.4 is 0 Å². The van der Waals surface area contributed by atoms with E-state index in [4.69, 9.17) is 23.2 Å². The van der Waals surface area contributed by atoms with Crippen molar-refractivity contribution in [2.75, 3.05) is 26.2 Å². The second-order valence-electron chi connectivity index (χ2n) is 7.26. The molecule has 0 amide bonds. The molecular formula is C23H22Cl2N2O2S. The van der Waals surface area contributed by atoms with E-state index in [1.165, 1.54) is 11.6 Å². The van der Waals surface area contributed by atoms with Gasteiger partial charge in [0.2, 0.25) is 10.0 Å². The zero-order valence-corrected chi connectivity index (χ0v) is 18.6. The van der Waals surface area contributed by atoms with Crippen LogP contribution in [0.2, 0.25) is 10.0 Å². The van der Waals surface area contributed by atoms with E-state index in [-0.39, 0.29) is 10.9 Å². The van der Waals surface area contributed by atoms with Crippen LogP contribution in [0, 0.1) is 0 Å². The molecule has 1 heterocycles. The van der Waals surface area contributed by atoms with Crippen molar-refractivity contribution in [3.05, 3.63) is 100 Å². The average Bonchev–Trinajstić information content (AvgIpc) is 2.76. The smallest absolute Gasteiger partial charge is 0.243 e. The molecule has 7 heteroatoms. The molecule has 156 valence electrons. The SMILES string of the molecule is O=S(=O)(c1cccc(Cl)c1)N1CCN(C(c2ccccc2)c2ccc(Cl)cc2)CC1. The van der Waals surface area contributed by atoms with E-state index in [1.54, 1.807) is 22.5 Å². The summed E-state index contributed by atoms with van der Waals surface area (Å²) in [6.07, 6.45) is 0. The Morgan fingerprint density at radius 2 is 1.33 bits per heavy atom. The van der Waals surface area contributed by atoms with Crippen molar-refractivity contribution < 1.29 is 8.42 Å². The Labute approximate surface area is 187 Å². The van der Waals surface area contributed by atoms with Crippen LogP contribution in [0.3, 0.4) is 0 Å². The number of sulfonamides is 1. The van der Waals surface area contributed by atoms with Crippen LogP contribution in [-0.2, 0) is 10.0 Å². The first kappa shape index (κ1) is 21.3. The monoisotopic (exact) mass is 460 g/mol. The minimum atomic E-state index is -3.56. The van der Waals surface area contributed by atoms with Gasteiger partial charge in [-0.25, -0.2) is 8.42 Å². The summed E-state index contributed by atoms with van der Waals surface area (Å²) >= 11 is 12.1. The highest BCUT2D eigenvalue weighted by Gasteiger charge is 2.32. The summed E-state index contributed by atoms with van der Waals surface area (Å²) in [5.41, 5.74) is 2.31. The molecule has 1 unspecified atom stereocenters. The third-order valence-corrected chi connectivity index (χ3v) is 7.76. The second-order valence-corrected chi connectivity index (χ2v) is 10.1. The first-order valence-corrected chi connectivity index (χ1v) is 11.9. The lowest BCUT2D eigenvalue weighted by atomic mass is 9.96. The topological polar surface area (TPSA) is 40.6 Å². The molecule has 1 aliphatic heterocycles. The quantitative estimate of drug-likeness (QED) is 0.532. The molecule has 3 aromatic rings. The zero-order valence-electron chi connectivity index (χ0n) is 16.3. The molecule has 0 aromatic heterocycles. The van der Waals surface area contributed by atoms with Gasteiger partial charge in [-0.05, 0) is 41.5 Å². The van der Waals surface area contributed by atoms with Crippen LogP contribution in [0.25, 0.3) is 0 Å². The van der Waals surface area contributed by atoms with Crippen molar-refractivity contribution in [2.24, 2.45) is 0 Å². The fourth-order valence-electron chi connectivity index (χ4n) is 3.87. The van der Waals surface area contributed by atoms with E-state index < -0.39 is 10.0 Å². The molecule has 0 saturated carbocycles. The number of benzene rings is 3. The third-order valence-electron chi connectivity index (χ3n) is 5.37. The molecule has 1 atom stereocenters. The highest BCUT2D eigenvalue weighted by molar-refractivity contribution is 7.89. The predicted molar refractivity (Wildman–Crippen MR) is 122 cm³/mol. The Kier molecular flexibility index (Phi) is 6.46. The van der Waals surface area contributed by atoms with Gasteiger partial charge >= 0.3 is 0 Å². The minimum absolute atomic E-state index is 0.0412. The van der Waals surface area contributed by atoms with Crippen LogP contribution in [0.15, 0.2) is 83.8 Å². The Morgan fingerprint density at radius 1 is 0.700 bits per heavy atom. The molecule has 4 nitrogen and oxygen atoms in total. The molecule has 30 heavy (non-hydrogen) atoms. The number of piperazine rings is 1. The normalized spacial score (nSPS) is 17.0. The van der Waals surface area contributed by atoms with Gasteiger partial charge in [0.15, 0.2) is 0 Å². The standard InChI is InChI=1S/C23H22Cl2N2O2S/c24-20-11-9-19(10-12-20)23(18-5-2-1-3-6-18)26-13-15-27(16-14-26)30(28,29)22-8-4-7-21(25)17-22/h1-12,17,23H,13-16H2. The molecule has 0 radical (unpaired) electrons. The molecule has 0 N–H and O–H groups in total. The summed E-state index contributed by atoms with van der Waals surface area (Å²) in [7, 11) is -3.56. The number of nitrogens with zero attached hydrogens (tertiary/aromatic N) is 2. The molecule has 0 aliphatic carbocycles. The lowest BCUT2D eigenvalue weighted by Crippen LogP contribution is -2.49. The van der Waals surface area contributed by atoms with Crippen molar-refractivity contribution in [1.29, 1.82) is 0 Å². The molecular weight excluding hydrogens is 439 g/mol. The zero-order chi connectivity index (χ0) is 21.1. The van der Waals surface area contributed by atoms with Crippen molar-refractivity contribution in [1.82, 2.24) is 9.21 Å². The van der Waals surface area contributed by atoms with Crippen molar-refractivity contribution in [3.8, 4) is 0 Å². The summed E-state index contributed by atoms with van der Waals surface area (Å²) in [5.74, 6) is 0. The van der Waals surface area contributed by atoms with Gasteiger partial charge in [0, 0.05) is 36.2 Å². The van der Waals surface area contributed by atoms with Crippen molar-refractivity contribution in [3.63, 3.8) is 0 Å². The van der Waals surface area contributed by atoms with Gasteiger partial charge in [0.1, 0.15) is 0 Å². The van der Waals surface area contributed by atoms with Gasteiger partial charge in [-0.3, -0.25) is 4.90 Å². The van der Waals surface area contributed by atoms with Crippen LogP contribution in [0.1, 0.15) is 17.2 Å². The summed E-state index contributed by atoms with van der Waals surface area (Å²) < 4.78 is 27.6. The van der Waals surface area contributed by atoms with Crippen molar-refractivity contribution >= 4 is 33.2 Å². The Morgan fingerprint density at radius 3 is 1.97 bits per heavy atom. The van der Waals surface area contributed by atoms with Gasteiger partial charge in [-0.2, -0.15) is 4.31 Å². The van der Waals surface area contributed by atoms with Crippen LogP contribution in [-0.4, -0.2) is 43.8 Å². The molecule has 3 aromatic carbocycles. The van der Waals surface area contributed by atoms with Gasteiger partial charge in [0.25, 0.3) is 0 Å². The summed E-state index contributed by atoms with van der Waals surface area (Å²) in [5, 5.41) is 1.12. The van der Waals surface area contributed by atoms with Gasteiger partial charge in [0.05, 0.1) is 10.9 Å². The summed E-state index contributed by atoms with van der Waals surface area (Å²) in [4.78, 5) is 2.56. The minimum Gasteiger partial charge on any atom is -0.290 e. The highest BCUT2D eigenvalue weighted by Crippen LogP contribution is 2.31. The van der Waals surface area contributed by atoms with Gasteiger partial charge in [-0.15, -0.1) is 0 Å². The summed E-state index contributed by atoms with van der Waals surface area (Å²) in [6.45, 7) is 2.10. The van der Waals surface area contributed by atoms with Crippen LogP contribution in [0.4, 0.5) is 0 Å². The molecule has 1 saturated heterocycles. The van der Waals surface area contributed by atoms with Gasteiger partial charge < -0.3 is 0 Å². The molecule has 0 spiro atoms. The molecule has 1 fully saturated rings. The number of rotatable bonds is 5. The number of hydrogen-bond donors (Lipinski definition) is 0. The van der Waals surface area contributed by atoms with E-state index in [9.17, 15) is 8.42 Å². The maximum atomic E-state index is 13.0. The van der Waals surface area contributed by atoms with Crippen molar-refractivity contribution in [2.45, 2.75) is 10.9 Å². The Balaban J connectivity index is 1.56. The highest BCUT2D eigenvalue weighted by atomic mass is 35.5. The molecule has 1 aliphatic rings. The Bertz CT molecular complexity index is 1100. The van der Waals surface area contributed by atoms with E-state index >= 15 is 0 Å². The maximum absolute atomic E-state index is 13.0. The lowest BCUT2D eigenvalue weighted by molar-refractivity contribution is 0.156. The van der Waals surface area contributed by atoms with Gasteiger partial charge in [-0.1, -0.05) is 71.7 Å². The number of halogens is 2. The maximum Gasteiger partial charge on any atom is 0.243 e. The largest absolute Gasteiger partial charge is 0.290 e. The third kappa shape index (κ3) is 4.56. The molecule has 0 bridgehead atoms. The van der Waals surface area contributed by atoms with Crippen LogP contribution >= 0.6 is 23.2 Å². The fourth-order valence-corrected chi connectivity index (χ4v) is 5.72. The first-order valence-electron chi connectivity index (χ1n) is 9.75. The van der Waals surface area contributed by atoms with E-state index in [0.29, 0.717) is 36.2 Å². The van der Waals surface area contributed by atoms with E-state index in [2.05, 4.69) is 17.0 Å². The number of hydrogen-bond acceptors (Lipinski definition) is 3. The van der Waals surface area contributed by atoms with E-state index in [0.717, 1.165) is 5.56 Å². The predicted octanol–water partition coefficient (Wildman–Crippen LogP) is 5.09. The fraction of sp³-hybridized carbons (Fsp3) is 0.217. The average molecular weight is 461 g/mol. The van der Waals surface area contributed by atoms with E-state index in [1.807, 2.05) is 42.5 Å². The first-order chi connectivity index (χ1) is 14.4. The summed E-state index contributed by atoms with van der Waals surface area (Å²) in [6, 6.07) is 24.6. The lowest BCUT2D eigenvalue weighted by Gasteiger charge is -2.39.